The molecule has 1 aliphatic rings. The van der Waals surface area contributed by atoms with Gasteiger partial charge in [-0.05, 0) is 30.2 Å². The Kier molecular flexibility index (Phi) is 6.50. The van der Waals surface area contributed by atoms with Gasteiger partial charge in [0.1, 0.15) is 0 Å². The van der Waals surface area contributed by atoms with Crippen molar-refractivity contribution in [3.8, 4) is 0 Å². The molecule has 0 saturated heterocycles. The van der Waals surface area contributed by atoms with Gasteiger partial charge in [0.15, 0.2) is 0 Å². The maximum absolute atomic E-state index is 11.9. The second-order valence-corrected chi connectivity index (χ2v) is 5.71. The molecule has 1 atom stereocenters. The van der Waals surface area contributed by atoms with E-state index in [1.54, 1.807) is 0 Å². The van der Waals surface area contributed by atoms with E-state index in [9.17, 15) is 4.79 Å². The van der Waals surface area contributed by atoms with E-state index < -0.39 is 0 Å². The summed E-state index contributed by atoms with van der Waals surface area (Å²) < 4.78 is 0. The molecule has 20 heavy (non-hydrogen) atoms. The highest BCUT2D eigenvalue weighted by Crippen LogP contribution is 2.43. The van der Waals surface area contributed by atoms with Crippen LogP contribution in [0, 0.1) is 5.41 Å². The fourth-order valence-electron chi connectivity index (χ4n) is 2.71. The van der Waals surface area contributed by atoms with E-state index in [0.717, 1.165) is 18.5 Å². The normalized spacial score (nSPS) is 17.5. The van der Waals surface area contributed by atoms with Crippen molar-refractivity contribution in [3.63, 3.8) is 0 Å². The molecule has 0 radical (unpaired) electrons. The lowest BCUT2D eigenvalue weighted by atomic mass is 9.67. The highest BCUT2D eigenvalue weighted by atomic mass is 35.5. The number of benzene rings is 1. The van der Waals surface area contributed by atoms with Gasteiger partial charge in [0.05, 0.1) is 0 Å². The predicted molar refractivity (Wildman–Crippen MR) is 84.8 cm³/mol. The summed E-state index contributed by atoms with van der Waals surface area (Å²) in [6.45, 7) is 3.02. The van der Waals surface area contributed by atoms with Gasteiger partial charge in [-0.1, -0.05) is 43.7 Å². The maximum atomic E-state index is 11.9. The fourth-order valence-corrected chi connectivity index (χ4v) is 2.71. The highest BCUT2D eigenvalue weighted by molar-refractivity contribution is 5.85. The van der Waals surface area contributed by atoms with Gasteiger partial charge in [0.25, 0.3) is 0 Å². The first-order valence-corrected chi connectivity index (χ1v) is 7.22. The van der Waals surface area contributed by atoms with Crippen molar-refractivity contribution in [1.82, 2.24) is 5.32 Å². The summed E-state index contributed by atoms with van der Waals surface area (Å²) in [4.78, 5) is 11.9. The Morgan fingerprint density at radius 2 is 2.00 bits per heavy atom. The van der Waals surface area contributed by atoms with E-state index in [4.69, 9.17) is 5.73 Å². The van der Waals surface area contributed by atoms with Gasteiger partial charge >= 0.3 is 0 Å². The van der Waals surface area contributed by atoms with Gasteiger partial charge in [0, 0.05) is 19.0 Å². The van der Waals surface area contributed by atoms with E-state index in [1.165, 1.54) is 19.3 Å². The summed E-state index contributed by atoms with van der Waals surface area (Å²) in [7, 11) is 0. The Bertz CT molecular complexity index is 412. The molecule has 1 amide bonds. The number of hydrogen-bond donors (Lipinski definition) is 2. The van der Waals surface area contributed by atoms with Gasteiger partial charge in [-0.3, -0.25) is 4.79 Å². The Morgan fingerprint density at radius 1 is 1.35 bits per heavy atom. The van der Waals surface area contributed by atoms with E-state index >= 15 is 0 Å². The third-order valence-electron chi connectivity index (χ3n) is 4.46. The summed E-state index contributed by atoms with van der Waals surface area (Å²) in [6.07, 6.45) is 5.30. The van der Waals surface area contributed by atoms with E-state index in [2.05, 4.69) is 12.2 Å². The molecule has 0 heterocycles. The Balaban J connectivity index is 0.00000200. The molecule has 2 rings (SSSR count). The molecular weight excluding hydrogens is 272 g/mol. The molecule has 3 nitrogen and oxygen atoms in total. The van der Waals surface area contributed by atoms with Crippen molar-refractivity contribution in [2.75, 3.05) is 6.54 Å². The van der Waals surface area contributed by atoms with Crippen LogP contribution in [0.15, 0.2) is 30.3 Å². The van der Waals surface area contributed by atoms with Crippen LogP contribution < -0.4 is 11.1 Å². The van der Waals surface area contributed by atoms with E-state index in [1.807, 2.05) is 30.3 Å². The molecular formula is C16H25ClN2O. The summed E-state index contributed by atoms with van der Waals surface area (Å²) in [6, 6.07) is 9.59. The number of amides is 1. The van der Waals surface area contributed by atoms with Gasteiger partial charge < -0.3 is 11.1 Å². The zero-order valence-electron chi connectivity index (χ0n) is 12.1. The number of halogens is 1. The van der Waals surface area contributed by atoms with Gasteiger partial charge in [-0.15, -0.1) is 12.4 Å². The second-order valence-electron chi connectivity index (χ2n) is 5.71. The van der Waals surface area contributed by atoms with Crippen LogP contribution in [-0.4, -0.2) is 12.5 Å². The Hall–Kier alpha value is -1.06. The highest BCUT2D eigenvalue weighted by Gasteiger charge is 2.35. The minimum atomic E-state index is -0.208. The van der Waals surface area contributed by atoms with Crippen molar-refractivity contribution in [3.05, 3.63) is 35.9 Å². The molecule has 1 saturated carbocycles. The van der Waals surface area contributed by atoms with Gasteiger partial charge in [-0.2, -0.15) is 0 Å². The van der Waals surface area contributed by atoms with Crippen LogP contribution in [0.25, 0.3) is 0 Å². The average Bonchev–Trinajstić information content (AvgIpc) is 2.39. The van der Waals surface area contributed by atoms with Crippen LogP contribution in [0.3, 0.4) is 0 Å². The lowest BCUT2D eigenvalue weighted by molar-refractivity contribution is -0.122. The zero-order valence-corrected chi connectivity index (χ0v) is 12.9. The van der Waals surface area contributed by atoms with E-state index in [0.29, 0.717) is 11.8 Å². The van der Waals surface area contributed by atoms with E-state index in [-0.39, 0.29) is 24.4 Å². The van der Waals surface area contributed by atoms with Crippen LogP contribution >= 0.6 is 12.4 Å². The van der Waals surface area contributed by atoms with Crippen LogP contribution in [0.1, 0.15) is 50.6 Å². The molecule has 1 aromatic carbocycles. The summed E-state index contributed by atoms with van der Waals surface area (Å²) in [5.41, 5.74) is 7.44. The predicted octanol–water partition coefficient (Wildman–Crippen LogP) is 3.19. The number of hydrogen-bond acceptors (Lipinski definition) is 2. The first-order valence-electron chi connectivity index (χ1n) is 7.22. The number of carbonyl (C=O) groups excluding carboxylic acids is 1. The van der Waals surface area contributed by atoms with Crippen LogP contribution in [0.4, 0.5) is 0 Å². The van der Waals surface area contributed by atoms with Crippen molar-refractivity contribution in [1.29, 1.82) is 0 Å². The molecule has 0 bridgehead atoms. The van der Waals surface area contributed by atoms with Crippen LogP contribution in [-0.2, 0) is 4.79 Å². The van der Waals surface area contributed by atoms with Crippen molar-refractivity contribution in [2.45, 2.75) is 45.1 Å². The number of rotatable bonds is 6. The molecule has 1 aliphatic carbocycles. The summed E-state index contributed by atoms with van der Waals surface area (Å²) in [5.74, 6) is 0.0658. The topological polar surface area (TPSA) is 55.1 Å². The molecule has 0 spiro atoms. The quantitative estimate of drug-likeness (QED) is 0.847. The molecule has 4 heteroatoms. The fraction of sp³-hybridized carbons (Fsp3) is 0.562. The van der Waals surface area contributed by atoms with Crippen LogP contribution in [0.5, 0.6) is 0 Å². The first-order chi connectivity index (χ1) is 9.15. The summed E-state index contributed by atoms with van der Waals surface area (Å²) >= 11 is 0. The molecule has 3 N–H and O–H groups in total. The van der Waals surface area contributed by atoms with Crippen molar-refractivity contribution >= 4 is 18.3 Å². The Labute approximate surface area is 127 Å². The third kappa shape index (κ3) is 4.22. The number of nitrogens with two attached hydrogens (primary N) is 1. The summed E-state index contributed by atoms with van der Waals surface area (Å²) in [5, 5.41) is 3.06. The lowest BCUT2D eigenvalue weighted by Crippen LogP contribution is -2.42. The molecule has 1 fully saturated rings. The lowest BCUT2D eigenvalue weighted by Gasteiger charge is -2.41. The number of carbonyl (C=O) groups is 1. The monoisotopic (exact) mass is 296 g/mol. The standard InChI is InChI=1S/C16H24N2O.ClH/c1-2-16(9-6-10-16)12-18-15(19)11-14(17)13-7-4-3-5-8-13;/h3-5,7-8,14H,2,6,9-12,17H2,1H3,(H,18,19);1H. The molecule has 112 valence electrons. The minimum absolute atomic E-state index is 0. The van der Waals surface area contributed by atoms with Crippen LogP contribution in [0.2, 0.25) is 0 Å². The van der Waals surface area contributed by atoms with Crippen molar-refractivity contribution in [2.24, 2.45) is 11.1 Å². The van der Waals surface area contributed by atoms with Crippen molar-refractivity contribution < 1.29 is 4.79 Å². The third-order valence-corrected chi connectivity index (χ3v) is 4.46. The minimum Gasteiger partial charge on any atom is -0.355 e. The SMILES string of the molecule is CCC1(CNC(=O)CC(N)c2ccccc2)CCC1.Cl. The molecule has 1 unspecified atom stereocenters. The largest absolute Gasteiger partial charge is 0.355 e. The van der Waals surface area contributed by atoms with Gasteiger partial charge in [0.2, 0.25) is 5.91 Å². The number of nitrogens with one attached hydrogen (secondary N) is 1. The Morgan fingerprint density at radius 3 is 2.50 bits per heavy atom. The maximum Gasteiger partial charge on any atom is 0.221 e. The molecule has 0 aromatic heterocycles. The molecule has 1 aromatic rings. The second kappa shape index (κ2) is 7.65. The smallest absolute Gasteiger partial charge is 0.221 e. The average molecular weight is 297 g/mol. The molecule has 0 aliphatic heterocycles. The zero-order chi connectivity index (χ0) is 13.7. The van der Waals surface area contributed by atoms with Gasteiger partial charge in [-0.25, -0.2) is 0 Å². The first kappa shape index (κ1) is 17.0.